The van der Waals surface area contributed by atoms with Crippen molar-refractivity contribution in [2.75, 3.05) is 0 Å². The van der Waals surface area contributed by atoms with E-state index in [1.807, 2.05) is 0 Å². The van der Waals surface area contributed by atoms with Crippen molar-refractivity contribution in [1.82, 2.24) is 0 Å². The molecular formula is C18H30NaO. The molecule has 1 radical (unpaired) electrons. The van der Waals surface area contributed by atoms with Crippen LogP contribution in [0.2, 0.25) is 0 Å². The number of aryl methyl sites for hydroxylation is 3. The van der Waals surface area contributed by atoms with Gasteiger partial charge >= 0.3 is 0 Å². The second-order valence-corrected chi connectivity index (χ2v) is 5.57. The van der Waals surface area contributed by atoms with Crippen molar-refractivity contribution in [3.05, 3.63) is 28.8 Å². The Bertz CT molecular complexity index is 345. The Hall–Kier alpha value is 0.0200. The topological polar surface area (TPSA) is 20.2 Å². The van der Waals surface area contributed by atoms with Crippen LogP contribution >= 0.6 is 0 Å². The molecule has 0 heterocycles. The molecule has 0 bridgehead atoms. The van der Waals surface area contributed by atoms with Gasteiger partial charge in [0.1, 0.15) is 5.75 Å². The molecule has 109 valence electrons. The maximum absolute atomic E-state index is 10.4. The van der Waals surface area contributed by atoms with Crippen LogP contribution in [0.15, 0.2) is 12.1 Å². The third-order valence-electron chi connectivity index (χ3n) is 3.75. The van der Waals surface area contributed by atoms with Crippen LogP contribution in [0.1, 0.15) is 76.0 Å². The van der Waals surface area contributed by atoms with Crippen LogP contribution in [0.3, 0.4) is 0 Å². The molecule has 0 unspecified atom stereocenters. The second-order valence-electron chi connectivity index (χ2n) is 5.57. The van der Waals surface area contributed by atoms with Gasteiger partial charge in [0.05, 0.1) is 0 Å². The number of aromatic hydroxyl groups is 1. The molecule has 0 atom stereocenters. The van der Waals surface area contributed by atoms with Crippen LogP contribution < -0.4 is 0 Å². The second kappa shape index (κ2) is 11.7. The fraction of sp³-hybridized carbons (Fsp3) is 0.667. The van der Waals surface area contributed by atoms with Gasteiger partial charge in [-0.2, -0.15) is 0 Å². The number of phenols is 1. The molecule has 0 fully saturated rings. The predicted molar refractivity (Wildman–Crippen MR) is 89.7 cm³/mol. The van der Waals surface area contributed by atoms with E-state index in [0.29, 0.717) is 5.75 Å². The molecule has 1 N–H and O–H groups in total. The molecule has 0 saturated heterocycles. The molecule has 0 spiro atoms. The first-order valence-electron chi connectivity index (χ1n) is 8.06. The van der Waals surface area contributed by atoms with Crippen molar-refractivity contribution in [3.8, 4) is 5.75 Å². The van der Waals surface area contributed by atoms with E-state index in [9.17, 15) is 5.11 Å². The summed E-state index contributed by atoms with van der Waals surface area (Å²) in [7, 11) is 0. The zero-order valence-electron chi connectivity index (χ0n) is 14.0. The Kier molecular flexibility index (Phi) is 11.7. The molecule has 0 saturated carbocycles. The summed E-state index contributed by atoms with van der Waals surface area (Å²) in [4.78, 5) is 0. The Morgan fingerprint density at radius 1 is 0.750 bits per heavy atom. The Labute approximate surface area is 147 Å². The molecule has 1 aromatic rings. The summed E-state index contributed by atoms with van der Waals surface area (Å²) >= 11 is 0. The van der Waals surface area contributed by atoms with Crippen LogP contribution in [-0.2, 0) is 19.3 Å². The smallest absolute Gasteiger partial charge is 0.121 e. The van der Waals surface area contributed by atoms with E-state index < -0.39 is 0 Å². The summed E-state index contributed by atoms with van der Waals surface area (Å²) in [6.07, 6.45) is 10.3. The van der Waals surface area contributed by atoms with E-state index >= 15 is 0 Å². The van der Waals surface area contributed by atoms with Gasteiger partial charge in [-0.3, -0.25) is 0 Å². The summed E-state index contributed by atoms with van der Waals surface area (Å²) in [5.74, 6) is 0.571. The SMILES string of the molecule is CCCCc1cc(CCCC)c(O)c(CCCC)c1.[Na]. The average Bonchev–Trinajstić information content (AvgIpc) is 2.43. The van der Waals surface area contributed by atoms with Crippen molar-refractivity contribution in [3.63, 3.8) is 0 Å². The van der Waals surface area contributed by atoms with Crippen molar-refractivity contribution in [2.45, 2.75) is 78.6 Å². The standard InChI is InChI=1S/C18H30O.Na/c1-4-7-10-15-13-16(11-8-5-2)18(19)17(14-15)12-9-6-3;/h13-14,19H,4-12H2,1-3H3;. The van der Waals surface area contributed by atoms with Gasteiger partial charge in [-0.15, -0.1) is 0 Å². The third-order valence-corrected chi connectivity index (χ3v) is 3.75. The van der Waals surface area contributed by atoms with Crippen molar-refractivity contribution >= 4 is 29.6 Å². The summed E-state index contributed by atoms with van der Waals surface area (Å²) in [6.45, 7) is 6.64. The molecule has 1 nitrogen and oxygen atoms in total. The van der Waals surface area contributed by atoms with Crippen LogP contribution in [0.5, 0.6) is 5.75 Å². The largest absolute Gasteiger partial charge is 0.507 e. The summed E-state index contributed by atoms with van der Waals surface area (Å²) < 4.78 is 0. The summed E-state index contributed by atoms with van der Waals surface area (Å²) in [5.41, 5.74) is 3.75. The van der Waals surface area contributed by atoms with Gasteiger partial charge in [-0.25, -0.2) is 0 Å². The van der Waals surface area contributed by atoms with Crippen molar-refractivity contribution in [1.29, 1.82) is 0 Å². The number of rotatable bonds is 9. The van der Waals surface area contributed by atoms with Gasteiger partial charge in [0.15, 0.2) is 0 Å². The van der Waals surface area contributed by atoms with Gasteiger partial charge in [0.2, 0.25) is 0 Å². The number of benzene rings is 1. The summed E-state index contributed by atoms with van der Waals surface area (Å²) in [6, 6.07) is 4.46. The normalized spacial score (nSPS) is 10.3. The monoisotopic (exact) mass is 285 g/mol. The van der Waals surface area contributed by atoms with Gasteiger partial charge < -0.3 is 5.11 Å². The first-order chi connectivity index (χ1) is 9.22. The minimum atomic E-state index is 0. The Morgan fingerprint density at radius 3 is 1.55 bits per heavy atom. The minimum absolute atomic E-state index is 0. The number of hydrogen-bond donors (Lipinski definition) is 1. The van der Waals surface area contributed by atoms with Crippen molar-refractivity contribution in [2.24, 2.45) is 0 Å². The summed E-state index contributed by atoms with van der Waals surface area (Å²) in [5, 5.41) is 10.4. The van der Waals surface area contributed by atoms with Gasteiger partial charge in [-0.05, 0) is 55.2 Å². The van der Waals surface area contributed by atoms with Crippen LogP contribution in [-0.4, -0.2) is 34.7 Å². The fourth-order valence-corrected chi connectivity index (χ4v) is 2.47. The van der Waals surface area contributed by atoms with E-state index in [1.165, 1.54) is 42.4 Å². The molecular weight excluding hydrogens is 255 g/mol. The zero-order valence-corrected chi connectivity index (χ0v) is 16.0. The minimum Gasteiger partial charge on any atom is -0.507 e. The number of unbranched alkanes of at least 4 members (excludes halogenated alkanes) is 3. The molecule has 0 aliphatic rings. The van der Waals surface area contributed by atoms with E-state index in [0.717, 1.165) is 32.1 Å². The Balaban J connectivity index is 0.00000361. The molecule has 0 aliphatic carbocycles. The molecule has 2 heteroatoms. The quantitative estimate of drug-likeness (QED) is 0.630. The Morgan fingerprint density at radius 2 is 1.15 bits per heavy atom. The average molecular weight is 285 g/mol. The van der Waals surface area contributed by atoms with Gasteiger partial charge in [0.25, 0.3) is 0 Å². The van der Waals surface area contributed by atoms with E-state index in [4.69, 9.17) is 0 Å². The number of phenolic OH excluding ortho intramolecular Hbond substituents is 1. The van der Waals surface area contributed by atoms with Crippen LogP contribution in [0.25, 0.3) is 0 Å². The maximum Gasteiger partial charge on any atom is 0.121 e. The van der Waals surface area contributed by atoms with E-state index in [1.54, 1.807) is 0 Å². The van der Waals surface area contributed by atoms with E-state index in [-0.39, 0.29) is 29.6 Å². The predicted octanol–water partition coefficient (Wildman–Crippen LogP) is 5.04. The first kappa shape index (κ1) is 20.0. The van der Waals surface area contributed by atoms with Crippen LogP contribution in [0.4, 0.5) is 0 Å². The maximum atomic E-state index is 10.4. The molecule has 1 rings (SSSR count). The van der Waals surface area contributed by atoms with Crippen LogP contribution in [0, 0.1) is 0 Å². The molecule has 0 aliphatic heterocycles. The van der Waals surface area contributed by atoms with Gasteiger partial charge in [0, 0.05) is 29.6 Å². The molecule has 0 amide bonds. The first-order valence-corrected chi connectivity index (χ1v) is 8.06. The van der Waals surface area contributed by atoms with Gasteiger partial charge in [-0.1, -0.05) is 52.2 Å². The van der Waals surface area contributed by atoms with Crippen molar-refractivity contribution < 1.29 is 5.11 Å². The third kappa shape index (κ3) is 6.65. The molecule has 0 aromatic heterocycles. The molecule has 1 aromatic carbocycles. The zero-order chi connectivity index (χ0) is 14.1. The number of hydrogen-bond acceptors (Lipinski definition) is 1. The van der Waals surface area contributed by atoms with E-state index in [2.05, 4.69) is 32.9 Å². The fourth-order valence-electron chi connectivity index (χ4n) is 2.47. The molecule has 20 heavy (non-hydrogen) atoms.